The average Bonchev–Trinajstić information content (AvgIpc) is 2.83. The lowest BCUT2D eigenvalue weighted by Crippen LogP contribution is -2.28. The van der Waals surface area contributed by atoms with Gasteiger partial charge in [0.2, 0.25) is 0 Å². The molecule has 1 heterocycles. The van der Waals surface area contributed by atoms with E-state index in [-0.39, 0.29) is 0 Å². The van der Waals surface area contributed by atoms with Crippen molar-refractivity contribution >= 4 is 10.9 Å². The van der Waals surface area contributed by atoms with E-state index in [1.165, 1.54) is 0 Å². The number of fused-ring (bicyclic) bond motifs is 1. The first kappa shape index (κ1) is 11.9. The Morgan fingerprint density at radius 3 is 2.53 bits per heavy atom. The van der Waals surface area contributed by atoms with Gasteiger partial charge in [-0.2, -0.15) is 5.10 Å². The second-order valence-electron chi connectivity index (χ2n) is 5.00. The van der Waals surface area contributed by atoms with Gasteiger partial charge in [0.05, 0.1) is 18.3 Å². The third-order valence-electron chi connectivity index (χ3n) is 3.40. The molecule has 3 heteroatoms. The Balaban J connectivity index is 1.96. The number of hydrogen-bond donors (Lipinski definition) is 1. The van der Waals surface area contributed by atoms with Gasteiger partial charge >= 0.3 is 0 Å². The Hall–Kier alpha value is -2.13. The van der Waals surface area contributed by atoms with Crippen molar-refractivity contribution in [1.82, 2.24) is 9.78 Å². The quantitative estimate of drug-likeness (QED) is 0.778. The monoisotopic (exact) mass is 252 g/mol. The lowest BCUT2D eigenvalue weighted by molar-refractivity contribution is 0.0360. The lowest BCUT2D eigenvalue weighted by atomic mass is 9.96. The molecule has 3 nitrogen and oxygen atoms in total. The molecule has 0 saturated carbocycles. The fourth-order valence-corrected chi connectivity index (χ4v) is 2.33. The molecule has 3 aromatic rings. The second kappa shape index (κ2) is 4.52. The van der Waals surface area contributed by atoms with Crippen LogP contribution in [0, 0.1) is 0 Å². The van der Waals surface area contributed by atoms with Crippen LogP contribution in [0.3, 0.4) is 0 Å². The van der Waals surface area contributed by atoms with Gasteiger partial charge in [-0.3, -0.25) is 4.68 Å². The summed E-state index contributed by atoms with van der Waals surface area (Å²) in [4.78, 5) is 0. The van der Waals surface area contributed by atoms with E-state index in [0.717, 1.165) is 16.5 Å². The Kier molecular flexibility index (Phi) is 2.84. The van der Waals surface area contributed by atoms with Crippen LogP contribution in [0.2, 0.25) is 0 Å². The number of aromatic nitrogens is 2. The number of hydrogen-bond acceptors (Lipinski definition) is 2. The molecule has 0 aliphatic carbocycles. The summed E-state index contributed by atoms with van der Waals surface area (Å²) in [6, 6.07) is 17.7. The van der Waals surface area contributed by atoms with Crippen LogP contribution in [0.25, 0.3) is 10.9 Å². The fraction of sp³-hybridized carbons (Fsp3) is 0.188. The van der Waals surface area contributed by atoms with Gasteiger partial charge < -0.3 is 5.11 Å². The Bertz CT molecular complexity index is 686. The highest BCUT2D eigenvalue weighted by molar-refractivity contribution is 5.78. The van der Waals surface area contributed by atoms with E-state index >= 15 is 0 Å². The van der Waals surface area contributed by atoms with Crippen LogP contribution in [-0.2, 0) is 12.1 Å². The molecule has 0 aliphatic heterocycles. The van der Waals surface area contributed by atoms with Crippen LogP contribution >= 0.6 is 0 Å². The molecule has 0 amide bonds. The Morgan fingerprint density at radius 2 is 1.74 bits per heavy atom. The molecule has 0 bridgehead atoms. The highest BCUT2D eigenvalue weighted by Crippen LogP contribution is 2.24. The minimum absolute atomic E-state index is 0.435. The van der Waals surface area contributed by atoms with Crippen LogP contribution in [0.1, 0.15) is 12.5 Å². The normalized spacial score (nSPS) is 14.4. The second-order valence-corrected chi connectivity index (χ2v) is 5.00. The molecule has 0 saturated heterocycles. The number of aliphatic hydroxyl groups is 1. The number of rotatable bonds is 3. The summed E-state index contributed by atoms with van der Waals surface area (Å²) in [7, 11) is 0. The third kappa shape index (κ3) is 2.25. The SMILES string of the molecule is CC(O)(Cn1ncc2ccccc21)c1ccccc1. The molecular formula is C16H16N2O. The standard InChI is InChI=1S/C16H16N2O/c1-16(19,14-8-3-2-4-9-14)12-18-15-10-6-5-7-13(15)11-17-18/h2-11,19H,12H2,1H3. The Morgan fingerprint density at radius 1 is 1.05 bits per heavy atom. The van der Waals surface area contributed by atoms with Crippen LogP contribution < -0.4 is 0 Å². The molecular weight excluding hydrogens is 236 g/mol. The molecule has 3 rings (SSSR count). The van der Waals surface area contributed by atoms with Gasteiger partial charge in [0.25, 0.3) is 0 Å². The number of nitrogens with zero attached hydrogens (tertiary/aromatic N) is 2. The molecule has 1 N–H and O–H groups in total. The number of para-hydroxylation sites is 1. The molecule has 0 fully saturated rings. The van der Waals surface area contributed by atoms with E-state index < -0.39 is 5.60 Å². The van der Waals surface area contributed by atoms with Crippen LogP contribution in [0.4, 0.5) is 0 Å². The van der Waals surface area contributed by atoms with E-state index in [1.807, 2.05) is 72.4 Å². The maximum Gasteiger partial charge on any atom is 0.106 e. The van der Waals surface area contributed by atoms with Crippen molar-refractivity contribution in [1.29, 1.82) is 0 Å². The first-order valence-electron chi connectivity index (χ1n) is 6.35. The van der Waals surface area contributed by atoms with Gasteiger partial charge in [-0.25, -0.2) is 0 Å². The fourth-order valence-electron chi connectivity index (χ4n) is 2.33. The summed E-state index contributed by atoms with van der Waals surface area (Å²) < 4.78 is 1.85. The molecule has 96 valence electrons. The Labute approximate surface area is 112 Å². The van der Waals surface area contributed by atoms with Crippen LogP contribution in [-0.4, -0.2) is 14.9 Å². The minimum atomic E-state index is -0.934. The minimum Gasteiger partial charge on any atom is -0.384 e. The maximum absolute atomic E-state index is 10.7. The molecule has 19 heavy (non-hydrogen) atoms. The molecule has 2 aromatic carbocycles. The largest absolute Gasteiger partial charge is 0.384 e. The molecule has 0 spiro atoms. The zero-order chi connectivity index (χ0) is 13.3. The summed E-state index contributed by atoms with van der Waals surface area (Å²) in [6.45, 7) is 2.25. The van der Waals surface area contributed by atoms with Crippen molar-refractivity contribution in [3.63, 3.8) is 0 Å². The van der Waals surface area contributed by atoms with Gasteiger partial charge in [-0.1, -0.05) is 48.5 Å². The van der Waals surface area contributed by atoms with E-state index in [2.05, 4.69) is 5.10 Å². The van der Waals surface area contributed by atoms with E-state index in [0.29, 0.717) is 6.54 Å². The number of benzene rings is 2. The summed E-state index contributed by atoms with van der Waals surface area (Å²) in [5.41, 5.74) is 1.00. The third-order valence-corrected chi connectivity index (χ3v) is 3.40. The van der Waals surface area contributed by atoms with E-state index in [1.54, 1.807) is 0 Å². The predicted molar refractivity (Wildman–Crippen MR) is 75.7 cm³/mol. The van der Waals surface area contributed by atoms with Crippen molar-refractivity contribution in [2.24, 2.45) is 0 Å². The topological polar surface area (TPSA) is 38.0 Å². The highest BCUT2D eigenvalue weighted by Gasteiger charge is 2.24. The molecule has 1 atom stereocenters. The van der Waals surface area contributed by atoms with Gasteiger partial charge in [0.15, 0.2) is 0 Å². The van der Waals surface area contributed by atoms with Gasteiger partial charge in [-0.05, 0) is 18.6 Å². The highest BCUT2D eigenvalue weighted by atomic mass is 16.3. The molecule has 1 unspecified atom stereocenters. The summed E-state index contributed by atoms with van der Waals surface area (Å²) >= 11 is 0. The molecule has 0 aliphatic rings. The summed E-state index contributed by atoms with van der Waals surface area (Å²) in [5.74, 6) is 0. The predicted octanol–water partition coefficient (Wildman–Crippen LogP) is 2.94. The van der Waals surface area contributed by atoms with E-state index in [9.17, 15) is 5.11 Å². The first-order chi connectivity index (χ1) is 9.17. The van der Waals surface area contributed by atoms with Gasteiger partial charge in [0, 0.05) is 5.39 Å². The maximum atomic E-state index is 10.7. The van der Waals surface area contributed by atoms with Crippen molar-refractivity contribution in [3.8, 4) is 0 Å². The van der Waals surface area contributed by atoms with E-state index in [4.69, 9.17) is 0 Å². The van der Waals surface area contributed by atoms with Gasteiger partial charge in [0.1, 0.15) is 5.60 Å². The van der Waals surface area contributed by atoms with Crippen molar-refractivity contribution < 1.29 is 5.11 Å². The van der Waals surface area contributed by atoms with Crippen LogP contribution in [0.15, 0.2) is 60.8 Å². The summed E-state index contributed by atoms with van der Waals surface area (Å²) in [6.07, 6.45) is 1.83. The summed E-state index contributed by atoms with van der Waals surface area (Å²) in [5, 5.41) is 16.1. The van der Waals surface area contributed by atoms with Crippen LogP contribution in [0.5, 0.6) is 0 Å². The zero-order valence-corrected chi connectivity index (χ0v) is 10.8. The first-order valence-corrected chi connectivity index (χ1v) is 6.35. The van der Waals surface area contributed by atoms with Crippen molar-refractivity contribution in [2.45, 2.75) is 19.1 Å². The molecule has 1 aromatic heterocycles. The molecule has 0 radical (unpaired) electrons. The average molecular weight is 252 g/mol. The van der Waals surface area contributed by atoms with Crippen molar-refractivity contribution in [2.75, 3.05) is 0 Å². The zero-order valence-electron chi connectivity index (χ0n) is 10.8. The lowest BCUT2D eigenvalue weighted by Gasteiger charge is -2.24. The smallest absolute Gasteiger partial charge is 0.106 e. The van der Waals surface area contributed by atoms with Crippen molar-refractivity contribution in [3.05, 3.63) is 66.4 Å². The van der Waals surface area contributed by atoms with Gasteiger partial charge in [-0.15, -0.1) is 0 Å².